The molecule has 0 unspecified atom stereocenters. The van der Waals surface area contributed by atoms with Gasteiger partial charge in [-0.15, -0.1) is 0 Å². The number of rotatable bonds is 6. The topological polar surface area (TPSA) is 62.6 Å². The third-order valence-corrected chi connectivity index (χ3v) is 3.67. The second kappa shape index (κ2) is 7.28. The van der Waals surface area contributed by atoms with Crippen LogP contribution < -0.4 is 4.74 Å². The first-order chi connectivity index (χ1) is 11.3. The zero-order valence-electron chi connectivity index (χ0n) is 13.1. The largest absolute Gasteiger partial charge is 0.491 e. The molecule has 6 nitrogen and oxygen atoms in total. The number of nitrogens with zero attached hydrogens (tertiary/aromatic N) is 2. The van der Waals surface area contributed by atoms with Crippen molar-refractivity contribution in [3.8, 4) is 11.4 Å². The Hall–Kier alpha value is -2.34. The molecule has 122 valence electrons. The van der Waals surface area contributed by atoms with Crippen molar-refractivity contribution in [2.24, 2.45) is 0 Å². The Balaban J connectivity index is 1.67. The van der Waals surface area contributed by atoms with Crippen LogP contribution in [0.5, 0.6) is 5.75 Å². The molecular weight excluding hydrogens is 296 g/mol. The smallest absolute Gasteiger partial charge is 0.374 e. The minimum absolute atomic E-state index is 0.193. The quantitative estimate of drug-likeness (QED) is 0.767. The number of imidazole rings is 1. The van der Waals surface area contributed by atoms with Gasteiger partial charge in [0.15, 0.2) is 0 Å². The lowest BCUT2D eigenvalue weighted by Gasteiger charge is -2.12. The van der Waals surface area contributed by atoms with Crippen LogP contribution in [0.1, 0.15) is 30.4 Å². The van der Waals surface area contributed by atoms with E-state index in [4.69, 9.17) is 14.2 Å². The predicted octanol–water partition coefficient (Wildman–Crippen LogP) is 2.61. The molecule has 0 saturated carbocycles. The van der Waals surface area contributed by atoms with Crippen molar-refractivity contribution < 1.29 is 19.0 Å². The summed E-state index contributed by atoms with van der Waals surface area (Å²) in [5, 5.41) is 0. The lowest BCUT2D eigenvalue weighted by Crippen LogP contribution is -2.16. The summed E-state index contributed by atoms with van der Waals surface area (Å²) in [7, 11) is 0. The van der Waals surface area contributed by atoms with Crippen molar-refractivity contribution in [1.29, 1.82) is 0 Å². The van der Waals surface area contributed by atoms with Crippen LogP contribution in [0.25, 0.3) is 5.69 Å². The van der Waals surface area contributed by atoms with Gasteiger partial charge < -0.3 is 14.2 Å². The fourth-order valence-electron chi connectivity index (χ4n) is 2.53. The Labute approximate surface area is 135 Å². The van der Waals surface area contributed by atoms with Crippen molar-refractivity contribution in [1.82, 2.24) is 9.55 Å². The van der Waals surface area contributed by atoms with Gasteiger partial charge in [0.25, 0.3) is 0 Å². The van der Waals surface area contributed by atoms with E-state index in [2.05, 4.69) is 4.98 Å². The first-order valence-electron chi connectivity index (χ1n) is 7.83. The van der Waals surface area contributed by atoms with Crippen LogP contribution in [0.4, 0.5) is 0 Å². The molecule has 0 aliphatic carbocycles. The summed E-state index contributed by atoms with van der Waals surface area (Å²) in [6.07, 6.45) is 5.65. The highest BCUT2D eigenvalue weighted by molar-refractivity contribution is 5.86. The SMILES string of the molecule is CCOC(=O)c1nccn1-c1ccc(OC[C@@H]2CCCO2)cc1. The van der Waals surface area contributed by atoms with Crippen molar-refractivity contribution in [3.05, 3.63) is 42.5 Å². The monoisotopic (exact) mass is 316 g/mol. The highest BCUT2D eigenvalue weighted by atomic mass is 16.5. The number of hydrogen-bond donors (Lipinski definition) is 0. The van der Waals surface area contributed by atoms with Gasteiger partial charge in [-0.25, -0.2) is 9.78 Å². The van der Waals surface area contributed by atoms with E-state index >= 15 is 0 Å². The van der Waals surface area contributed by atoms with Gasteiger partial charge in [0.2, 0.25) is 5.82 Å². The van der Waals surface area contributed by atoms with E-state index in [1.54, 1.807) is 23.9 Å². The van der Waals surface area contributed by atoms with Gasteiger partial charge in [-0.2, -0.15) is 0 Å². The highest BCUT2D eigenvalue weighted by Crippen LogP contribution is 2.19. The van der Waals surface area contributed by atoms with Crippen LogP contribution in [0.2, 0.25) is 0 Å². The zero-order chi connectivity index (χ0) is 16.1. The van der Waals surface area contributed by atoms with Crippen LogP contribution in [0, 0.1) is 0 Å². The van der Waals surface area contributed by atoms with Crippen molar-refractivity contribution in [2.45, 2.75) is 25.9 Å². The van der Waals surface area contributed by atoms with Crippen LogP contribution in [-0.4, -0.2) is 41.4 Å². The van der Waals surface area contributed by atoms with Crippen LogP contribution in [0.3, 0.4) is 0 Å². The van der Waals surface area contributed by atoms with E-state index < -0.39 is 5.97 Å². The summed E-state index contributed by atoms with van der Waals surface area (Å²) in [4.78, 5) is 15.9. The van der Waals surface area contributed by atoms with Crippen LogP contribution in [-0.2, 0) is 9.47 Å². The summed E-state index contributed by atoms with van der Waals surface area (Å²) in [5.74, 6) is 0.609. The van der Waals surface area contributed by atoms with Gasteiger partial charge in [0, 0.05) is 24.7 Å². The first-order valence-corrected chi connectivity index (χ1v) is 7.83. The average Bonchev–Trinajstić information content (AvgIpc) is 3.25. The molecule has 1 aromatic heterocycles. The molecule has 0 radical (unpaired) electrons. The zero-order valence-corrected chi connectivity index (χ0v) is 13.1. The number of carbonyl (C=O) groups excluding carboxylic acids is 1. The van der Waals surface area contributed by atoms with Crippen LogP contribution >= 0.6 is 0 Å². The van der Waals surface area contributed by atoms with E-state index in [1.807, 2.05) is 24.3 Å². The maximum Gasteiger partial charge on any atom is 0.374 e. The van der Waals surface area contributed by atoms with E-state index in [9.17, 15) is 4.79 Å². The van der Waals surface area contributed by atoms with Gasteiger partial charge in [-0.05, 0) is 44.0 Å². The molecule has 0 amide bonds. The second-order valence-electron chi connectivity index (χ2n) is 5.28. The molecule has 1 aromatic carbocycles. The molecular formula is C17H20N2O4. The Kier molecular flexibility index (Phi) is 4.92. The number of aromatic nitrogens is 2. The van der Waals surface area contributed by atoms with E-state index in [1.165, 1.54) is 0 Å². The maximum absolute atomic E-state index is 11.9. The number of esters is 1. The van der Waals surface area contributed by atoms with Gasteiger partial charge in [0.1, 0.15) is 12.4 Å². The number of carbonyl (C=O) groups is 1. The number of ether oxygens (including phenoxy) is 3. The number of hydrogen-bond acceptors (Lipinski definition) is 5. The number of benzene rings is 1. The van der Waals surface area contributed by atoms with Crippen molar-refractivity contribution >= 4 is 5.97 Å². The van der Waals surface area contributed by atoms with Gasteiger partial charge >= 0.3 is 5.97 Å². The molecule has 0 bridgehead atoms. The second-order valence-corrected chi connectivity index (χ2v) is 5.28. The molecule has 1 fully saturated rings. The lowest BCUT2D eigenvalue weighted by atomic mass is 10.2. The van der Waals surface area contributed by atoms with Gasteiger partial charge in [-0.1, -0.05) is 0 Å². The van der Waals surface area contributed by atoms with Crippen molar-refractivity contribution in [3.63, 3.8) is 0 Å². The van der Waals surface area contributed by atoms with Crippen molar-refractivity contribution in [2.75, 3.05) is 19.8 Å². The Morgan fingerprint density at radius 1 is 1.39 bits per heavy atom. The fraction of sp³-hybridized carbons (Fsp3) is 0.412. The molecule has 23 heavy (non-hydrogen) atoms. The summed E-state index contributed by atoms with van der Waals surface area (Å²) in [6, 6.07) is 7.52. The normalized spacial score (nSPS) is 17.2. The molecule has 0 spiro atoms. The van der Waals surface area contributed by atoms with Crippen LogP contribution in [0.15, 0.2) is 36.7 Å². The molecule has 1 aliphatic heterocycles. The third kappa shape index (κ3) is 3.71. The Morgan fingerprint density at radius 2 is 2.22 bits per heavy atom. The summed E-state index contributed by atoms with van der Waals surface area (Å²) < 4.78 is 18.0. The molecule has 1 aliphatic rings. The molecule has 1 atom stereocenters. The molecule has 2 heterocycles. The van der Waals surface area contributed by atoms with E-state index in [-0.39, 0.29) is 11.9 Å². The standard InChI is InChI=1S/C17H20N2O4/c1-2-21-17(20)16-18-9-10-19(16)13-5-7-14(8-6-13)23-12-15-4-3-11-22-15/h5-10,15H,2-4,11-12H2,1H3/t15-/m0/s1. The minimum atomic E-state index is -0.434. The maximum atomic E-state index is 11.9. The Morgan fingerprint density at radius 3 is 2.91 bits per heavy atom. The van der Waals surface area contributed by atoms with Gasteiger partial charge in [0.05, 0.1) is 12.7 Å². The molecule has 0 N–H and O–H groups in total. The highest BCUT2D eigenvalue weighted by Gasteiger charge is 2.17. The molecule has 1 saturated heterocycles. The first kappa shape index (κ1) is 15.6. The van der Waals surface area contributed by atoms with Gasteiger partial charge in [-0.3, -0.25) is 4.57 Å². The van der Waals surface area contributed by atoms with E-state index in [0.717, 1.165) is 30.9 Å². The summed E-state index contributed by atoms with van der Waals surface area (Å²) in [5.41, 5.74) is 0.829. The lowest BCUT2D eigenvalue weighted by molar-refractivity contribution is 0.0510. The summed E-state index contributed by atoms with van der Waals surface area (Å²) in [6.45, 7) is 3.48. The fourth-order valence-corrected chi connectivity index (χ4v) is 2.53. The molecule has 3 rings (SSSR count). The average molecular weight is 316 g/mol. The van der Waals surface area contributed by atoms with E-state index in [0.29, 0.717) is 13.2 Å². The summed E-state index contributed by atoms with van der Waals surface area (Å²) >= 11 is 0. The molecule has 2 aromatic rings. The predicted molar refractivity (Wildman–Crippen MR) is 84.0 cm³/mol. The minimum Gasteiger partial charge on any atom is -0.491 e. The third-order valence-electron chi connectivity index (χ3n) is 3.67. The Bertz CT molecular complexity index is 645. The molecule has 6 heteroatoms.